The van der Waals surface area contributed by atoms with E-state index < -0.39 is 0 Å². The van der Waals surface area contributed by atoms with E-state index in [0.717, 1.165) is 45.0 Å². The highest BCUT2D eigenvalue weighted by Crippen LogP contribution is 2.22. The van der Waals surface area contributed by atoms with E-state index in [1.807, 2.05) is 17.0 Å². The first-order valence-electron chi connectivity index (χ1n) is 8.63. The van der Waals surface area contributed by atoms with Gasteiger partial charge in [-0.15, -0.1) is 0 Å². The number of nitrogens with zero attached hydrogens (tertiary/aromatic N) is 5. The topological polar surface area (TPSA) is 44.6 Å². The van der Waals surface area contributed by atoms with Gasteiger partial charge in [-0.1, -0.05) is 0 Å². The first-order valence-corrected chi connectivity index (χ1v) is 8.63. The Balaban J connectivity index is 1.28. The van der Waals surface area contributed by atoms with Gasteiger partial charge in [-0.25, -0.2) is 4.39 Å². The molecule has 1 amide bonds. The van der Waals surface area contributed by atoms with Gasteiger partial charge >= 0.3 is 0 Å². The van der Waals surface area contributed by atoms with Crippen LogP contribution in [-0.2, 0) is 7.05 Å². The maximum Gasteiger partial charge on any atom is 0.272 e. The van der Waals surface area contributed by atoms with Crippen LogP contribution in [0.1, 0.15) is 10.5 Å². The van der Waals surface area contributed by atoms with E-state index in [1.54, 1.807) is 24.0 Å². The lowest BCUT2D eigenvalue weighted by molar-refractivity contribution is 0.0238. The lowest BCUT2D eigenvalue weighted by Crippen LogP contribution is -2.64. The van der Waals surface area contributed by atoms with Gasteiger partial charge in [-0.2, -0.15) is 5.10 Å². The molecule has 2 saturated heterocycles. The highest BCUT2D eigenvalue weighted by Gasteiger charge is 2.37. The van der Waals surface area contributed by atoms with Crippen molar-refractivity contribution in [2.75, 3.05) is 44.2 Å². The molecule has 2 fully saturated rings. The number of carbonyl (C=O) groups excluding carboxylic acids is 1. The minimum atomic E-state index is -0.199. The van der Waals surface area contributed by atoms with Crippen molar-refractivity contribution in [3.8, 4) is 0 Å². The van der Waals surface area contributed by atoms with Gasteiger partial charge in [0, 0.05) is 64.2 Å². The third-order valence-electron chi connectivity index (χ3n) is 5.21. The second kappa shape index (κ2) is 6.48. The van der Waals surface area contributed by atoms with E-state index in [1.165, 1.54) is 12.1 Å². The fourth-order valence-corrected chi connectivity index (χ4v) is 3.59. The quantitative estimate of drug-likeness (QED) is 0.840. The molecule has 1 aromatic carbocycles. The summed E-state index contributed by atoms with van der Waals surface area (Å²) in [5.74, 6) is -0.142. The normalized spacial score (nSPS) is 19.1. The average Bonchev–Trinajstić information content (AvgIpc) is 3.01. The van der Waals surface area contributed by atoms with Crippen molar-refractivity contribution in [3.63, 3.8) is 0 Å². The Labute approximate surface area is 146 Å². The highest BCUT2D eigenvalue weighted by molar-refractivity contribution is 5.93. The number of likely N-dealkylation sites (tertiary alicyclic amines) is 1. The average molecular weight is 343 g/mol. The van der Waals surface area contributed by atoms with Gasteiger partial charge in [0.25, 0.3) is 5.91 Å². The van der Waals surface area contributed by atoms with E-state index in [2.05, 4.69) is 14.9 Å². The molecule has 6 nitrogen and oxygen atoms in total. The Bertz CT molecular complexity index is 745. The summed E-state index contributed by atoms with van der Waals surface area (Å²) in [6.07, 6.45) is 1.65. The van der Waals surface area contributed by atoms with Crippen LogP contribution in [0.3, 0.4) is 0 Å². The van der Waals surface area contributed by atoms with E-state index >= 15 is 0 Å². The summed E-state index contributed by atoms with van der Waals surface area (Å²) < 4.78 is 14.7. The van der Waals surface area contributed by atoms with Crippen LogP contribution >= 0.6 is 0 Å². The third-order valence-corrected chi connectivity index (χ3v) is 5.21. The van der Waals surface area contributed by atoms with Gasteiger partial charge in [-0.3, -0.25) is 14.4 Å². The van der Waals surface area contributed by atoms with E-state index in [-0.39, 0.29) is 11.7 Å². The van der Waals surface area contributed by atoms with Crippen molar-refractivity contribution < 1.29 is 9.18 Å². The molecule has 2 aliphatic heterocycles. The molecule has 4 rings (SSSR count). The predicted molar refractivity (Wildman–Crippen MR) is 93.1 cm³/mol. The van der Waals surface area contributed by atoms with Gasteiger partial charge in [0.05, 0.1) is 0 Å². The van der Waals surface area contributed by atoms with E-state index in [0.29, 0.717) is 11.7 Å². The smallest absolute Gasteiger partial charge is 0.272 e. The van der Waals surface area contributed by atoms with Gasteiger partial charge in [0.1, 0.15) is 11.5 Å². The highest BCUT2D eigenvalue weighted by atomic mass is 19.1. The van der Waals surface area contributed by atoms with Crippen molar-refractivity contribution in [1.29, 1.82) is 0 Å². The number of amides is 1. The van der Waals surface area contributed by atoms with Gasteiger partial charge < -0.3 is 9.80 Å². The van der Waals surface area contributed by atoms with Crippen LogP contribution in [-0.4, -0.2) is 70.8 Å². The van der Waals surface area contributed by atoms with Crippen LogP contribution in [0, 0.1) is 5.82 Å². The Hall–Kier alpha value is -2.41. The minimum Gasteiger partial charge on any atom is -0.369 e. The molecular formula is C18H22FN5O. The number of halogens is 1. The van der Waals surface area contributed by atoms with Gasteiger partial charge in [-0.05, 0) is 30.3 Å². The first kappa shape index (κ1) is 16.1. The molecule has 0 aliphatic carbocycles. The fourth-order valence-electron chi connectivity index (χ4n) is 3.59. The Kier molecular flexibility index (Phi) is 4.17. The number of hydrogen-bond donors (Lipinski definition) is 0. The molecule has 2 aliphatic rings. The monoisotopic (exact) mass is 343 g/mol. The molecule has 2 aromatic rings. The molecule has 0 bridgehead atoms. The second-order valence-corrected chi connectivity index (χ2v) is 6.70. The summed E-state index contributed by atoms with van der Waals surface area (Å²) in [6, 6.07) is 8.89. The Morgan fingerprint density at radius 2 is 1.76 bits per heavy atom. The van der Waals surface area contributed by atoms with Crippen LogP contribution in [0.4, 0.5) is 10.1 Å². The molecule has 0 saturated carbocycles. The Morgan fingerprint density at radius 3 is 2.36 bits per heavy atom. The van der Waals surface area contributed by atoms with Crippen molar-refractivity contribution >= 4 is 11.6 Å². The zero-order valence-electron chi connectivity index (χ0n) is 14.3. The molecule has 0 atom stereocenters. The summed E-state index contributed by atoms with van der Waals surface area (Å²) >= 11 is 0. The van der Waals surface area contributed by atoms with Crippen LogP contribution in [0.5, 0.6) is 0 Å². The number of aromatic nitrogens is 2. The molecule has 1 aromatic heterocycles. The lowest BCUT2D eigenvalue weighted by Gasteiger charge is -2.48. The van der Waals surface area contributed by atoms with E-state index in [9.17, 15) is 9.18 Å². The van der Waals surface area contributed by atoms with Crippen molar-refractivity contribution in [2.24, 2.45) is 7.05 Å². The van der Waals surface area contributed by atoms with Crippen LogP contribution < -0.4 is 4.90 Å². The fraction of sp³-hybridized carbons (Fsp3) is 0.444. The summed E-state index contributed by atoms with van der Waals surface area (Å²) in [5, 5.41) is 4.06. The lowest BCUT2D eigenvalue weighted by atomic mass is 10.1. The molecule has 0 radical (unpaired) electrons. The number of hydrogen-bond acceptors (Lipinski definition) is 4. The minimum absolute atomic E-state index is 0.0567. The SMILES string of the molecule is Cn1nccc1C(=O)N1CC(N2CCN(c3ccc(F)cc3)CC2)C1. The van der Waals surface area contributed by atoms with Crippen molar-refractivity contribution in [3.05, 3.63) is 48.0 Å². The number of rotatable bonds is 3. The second-order valence-electron chi connectivity index (χ2n) is 6.70. The molecule has 25 heavy (non-hydrogen) atoms. The summed E-state index contributed by atoms with van der Waals surface area (Å²) in [6.45, 7) is 5.35. The molecule has 0 N–H and O–H groups in total. The Morgan fingerprint density at radius 1 is 1.08 bits per heavy atom. The molecule has 3 heterocycles. The van der Waals surface area contributed by atoms with Gasteiger partial charge in [0.2, 0.25) is 0 Å². The van der Waals surface area contributed by atoms with Gasteiger partial charge in [0.15, 0.2) is 0 Å². The van der Waals surface area contributed by atoms with Crippen molar-refractivity contribution in [2.45, 2.75) is 6.04 Å². The zero-order chi connectivity index (χ0) is 17.4. The largest absolute Gasteiger partial charge is 0.369 e. The maximum atomic E-state index is 13.0. The number of piperazine rings is 1. The zero-order valence-corrected chi connectivity index (χ0v) is 14.3. The first-order chi connectivity index (χ1) is 12.1. The third kappa shape index (κ3) is 3.11. The van der Waals surface area contributed by atoms with Crippen LogP contribution in [0.2, 0.25) is 0 Å². The molecular weight excluding hydrogens is 321 g/mol. The maximum absolute atomic E-state index is 13.0. The predicted octanol–water partition coefficient (Wildman–Crippen LogP) is 1.21. The number of carbonyl (C=O) groups is 1. The van der Waals surface area contributed by atoms with Crippen LogP contribution in [0.25, 0.3) is 0 Å². The van der Waals surface area contributed by atoms with E-state index in [4.69, 9.17) is 0 Å². The van der Waals surface area contributed by atoms with Crippen LogP contribution in [0.15, 0.2) is 36.5 Å². The number of aryl methyl sites for hydroxylation is 1. The summed E-state index contributed by atoms with van der Waals surface area (Å²) in [7, 11) is 1.79. The molecule has 132 valence electrons. The number of anilines is 1. The summed E-state index contributed by atoms with van der Waals surface area (Å²) in [4.78, 5) is 19.0. The molecule has 0 spiro atoms. The standard InChI is InChI=1S/C18H22FN5O/c1-21-17(6-7-20-21)18(25)24-12-16(13-24)23-10-8-22(9-11-23)15-4-2-14(19)3-5-15/h2-7,16H,8-13H2,1H3. The molecule has 0 unspecified atom stereocenters. The summed E-state index contributed by atoms with van der Waals surface area (Å²) in [5.41, 5.74) is 1.71. The number of benzene rings is 1. The van der Waals surface area contributed by atoms with Crippen molar-refractivity contribution in [1.82, 2.24) is 19.6 Å². The molecule has 7 heteroatoms.